The van der Waals surface area contributed by atoms with Crippen molar-refractivity contribution in [3.05, 3.63) is 28.6 Å². The molecule has 0 aromatic carbocycles. The summed E-state index contributed by atoms with van der Waals surface area (Å²) in [7, 11) is 0. The highest BCUT2D eigenvalue weighted by Gasteiger charge is 2.13. The van der Waals surface area contributed by atoms with Crippen LogP contribution in [-0.4, -0.2) is 30.8 Å². The van der Waals surface area contributed by atoms with Crippen molar-refractivity contribution in [3.63, 3.8) is 0 Å². The Morgan fingerprint density at radius 3 is 2.95 bits per heavy atom. The second-order valence-corrected chi connectivity index (χ2v) is 5.92. The Morgan fingerprint density at radius 2 is 2.20 bits per heavy atom. The molecular formula is C14H17NO3S2. The number of thiazole rings is 1. The van der Waals surface area contributed by atoms with Gasteiger partial charge in [0.2, 0.25) is 0 Å². The van der Waals surface area contributed by atoms with Crippen LogP contribution in [0.5, 0.6) is 0 Å². The lowest BCUT2D eigenvalue weighted by molar-refractivity contribution is 0.0309. The highest BCUT2D eigenvalue weighted by Crippen LogP contribution is 2.27. The van der Waals surface area contributed by atoms with E-state index in [0.29, 0.717) is 18.9 Å². The van der Waals surface area contributed by atoms with Crippen molar-refractivity contribution in [3.8, 4) is 9.88 Å². The van der Waals surface area contributed by atoms with E-state index < -0.39 is 0 Å². The summed E-state index contributed by atoms with van der Waals surface area (Å²) in [5.74, 6) is -0.386. The van der Waals surface area contributed by atoms with Crippen molar-refractivity contribution < 1.29 is 14.3 Å². The minimum absolute atomic E-state index is 0.272. The molecule has 0 saturated carbocycles. The Labute approximate surface area is 126 Å². The largest absolute Gasteiger partial charge is 0.458 e. The lowest BCUT2D eigenvalue weighted by Crippen LogP contribution is -2.11. The van der Waals surface area contributed by atoms with Gasteiger partial charge in [-0.15, -0.1) is 22.7 Å². The summed E-state index contributed by atoms with van der Waals surface area (Å²) in [6.07, 6.45) is 2.13. The third kappa shape index (κ3) is 4.40. The summed E-state index contributed by atoms with van der Waals surface area (Å²) in [4.78, 5) is 17.1. The first-order chi connectivity index (χ1) is 9.81. The maximum Gasteiger partial charge on any atom is 0.357 e. The molecular weight excluding hydrogens is 294 g/mol. The van der Waals surface area contributed by atoms with Gasteiger partial charge in [-0.1, -0.05) is 19.4 Å². The quantitative estimate of drug-likeness (QED) is 0.549. The van der Waals surface area contributed by atoms with Gasteiger partial charge in [-0.25, -0.2) is 9.78 Å². The maximum atomic E-state index is 11.8. The smallest absolute Gasteiger partial charge is 0.357 e. The van der Waals surface area contributed by atoms with Crippen LogP contribution in [0.1, 0.15) is 30.3 Å². The molecule has 108 valence electrons. The van der Waals surface area contributed by atoms with E-state index in [4.69, 9.17) is 9.47 Å². The molecule has 0 N–H and O–H groups in total. The number of hydrogen-bond donors (Lipinski definition) is 0. The summed E-state index contributed by atoms with van der Waals surface area (Å²) >= 11 is 3.06. The number of unbranched alkanes of at least 4 members (excludes halogenated alkanes) is 1. The first kappa shape index (κ1) is 15.2. The second-order valence-electron chi connectivity index (χ2n) is 4.12. The van der Waals surface area contributed by atoms with E-state index in [1.165, 1.54) is 11.3 Å². The number of aromatic nitrogens is 1. The van der Waals surface area contributed by atoms with Crippen molar-refractivity contribution in [2.75, 3.05) is 19.8 Å². The average molecular weight is 311 g/mol. The molecule has 0 saturated heterocycles. The summed E-state index contributed by atoms with van der Waals surface area (Å²) in [6, 6.07) is 3.95. The molecule has 0 aliphatic rings. The number of carbonyl (C=O) groups excluding carboxylic acids is 1. The Kier molecular flexibility index (Phi) is 6.17. The Morgan fingerprint density at radius 1 is 1.30 bits per heavy atom. The average Bonchev–Trinajstić information content (AvgIpc) is 3.12. The third-order valence-corrected chi connectivity index (χ3v) is 4.43. The number of ether oxygens (including phenoxy) is 2. The minimum atomic E-state index is -0.386. The van der Waals surface area contributed by atoms with E-state index in [9.17, 15) is 4.79 Å². The molecule has 0 aliphatic carbocycles. The molecule has 0 radical (unpaired) electrons. The predicted octanol–water partition coefficient (Wildman–Crippen LogP) is 3.85. The van der Waals surface area contributed by atoms with Gasteiger partial charge in [0.1, 0.15) is 11.6 Å². The molecule has 20 heavy (non-hydrogen) atoms. The van der Waals surface area contributed by atoms with Crippen LogP contribution in [0.15, 0.2) is 22.9 Å². The molecule has 2 aromatic heterocycles. The molecule has 0 bridgehead atoms. The number of esters is 1. The molecule has 6 heteroatoms. The Bertz CT molecular complexity index is 522. The number of thiophene rings is 1. The van der Waals surface area contributed by atoms with E-state index in [2.05, 4.69) is 11.9 Å². The molecule has 0 atom stereocenters. The van der Waals surface area contributed by atoms with Gasteiger partial charge in [-0.2, -0.15) is 0 Å². The summed E-state index contributed by atoms with van der Waals surface area (Å²) in [5.41, 5.74) is 0.368. The fraction of sp³-hybridized carbons (Fsp3) is 0.429. The van der Waals surface area contributed by atoms with Crippen molar-refractivity contribution in [2.45, 2.75) is 19.8 Å². The van der Waals surface area contributed by atoms with Gasteiger partial charge in [0.15, 0.2) is 5.69 Å². The molecule has 0 aliphatic heterocycles. The maximum absolute atomic E-state index is 11.8. The number of nitrogens with zero attached hydrogens (tertiary/aromatic N) is 1. The molecule has 0 unspecified atom stereocenters. The summed E-state index contributed by atoms with van der Waals surface area (Å²) in [5, 5.41) is 4.57. The van der Waals surface area contributed by atoms with Crippen LogP contribution in [0.3, 0.4) is 0 Å². The molecule has 2 heterocycles. The van der Waals surface area contributed by atoms with Gasteiger partial charge >= 0.3 is 5.97 Å². The van der Waals surface area contributed by atoms with Gasteiger partial charge in [0.25, 0.3) is 0 Å². The van der Waals surface area contributed by atoms with Gasteiger partial charge < -0.3 is 9.47 Å². The number of hydrogen-bond acceptors (Lipinski definition) is 6. The zero-order chi connectivity index (χ0) is 14.2. The normalized spacial score (nSPS) is 10.7. The van der Waals surface area contributed by atoms with Crippen molar-refractivity contribution in [1.29, 1.82) is 0 Å². The van der Waals surface area contributed by atoms with Gasteiger partial charge in [0.05, 0.1) is 11.5 Å². The molecule has 4 nitrogen and oxygen atoms in total. The standard InChI is InChI=1S/C14H17NO3S2/c1-2-3-6-17-7-8-18-14(16)11-10-20-13(15-11)12-5-4-9-19-12/h4-5,9-10H,2-3,6-8H2,1H3. The van der Waals surface area contributed by atoms with Crippen LogP contribution < -0.4 is 0 Å². The zero-order valence-corrected chi connectivity index (χ0v) is 13.0. The zero-order valence-electron chi connectivity index (χ0n) is 11.3. The lowest BCUT2D eigenvalue weighted by Gasteiger charge is -2.04. The molecule has 0 amide bonds. The van der Waals surface area contributed by atoms with E-state index in [-0.39, 0.29) is 12.6 Å². The van der Waals surface area contributed by atoms with Gasteiger partial charge in [-0.05, 0) is 17.9 Å². The highest BCUT2D eigenvalue weighted by atomic mass is 32.1. The van der Waals surface area contributed by atoms with Crippen LogP contribution in [0.4, 0.5) is 0 Å². The van der Waals surface area contributed by atoms with Gasteiger partial charge in [-0.3, -0.25) is 0 Å². The lowest BCUT2D eigenvalue weighted by atomic mass is 10.4. The highest BCUT2D eigenvalue weighted by molar-refractivity contribution is 7.20. The van der Waals surface area contributed by atoms with Crippen molar-refractivity contribution in [1.82, 2.24) is 4.98 Å². The van der Waals surface area contributed by atoms with Crippen molar-refractivity contribution >= 4 is 28.6 Å². The summed E-state index contributed by atoms with van der Waals surface area (Å²) in [6.45, 7) is 3.53. The third-order valence-electron chi connectivity index (χ3n) is 2.55. The van der Waals surface area contributed by atoms with E-state index >= 15 is 0 Å². The molecule has 0 spiro atoms. The number of carbonyl (C=O) groups is 1. The first-order valence-corrected chi connectivity index (χ1v) is 8.31. The Balaban J connectivity index is 1.76. The fourth-order valence-corrected chi connectivity index (χ4v) is 3.10. The van der Waals surface area contributed by atoms with Crippen molar-refractivity contribution in [2.24, 2.45) is 0 Å². The van der Waals surface area contributed by atoms with Gasteiger partial charge in [0, 0.05) is 12.0 Å². The van der Waals surface area contributed by atoms with Crippen LogP contribution in [0.25, 0.3) is 9.88 Å². The fourth-order valence-electron chi connectivity index (χ4n) is 1.50. The second kappa shape index (κ2) is 8.14. The summed E-state index contributed by atoms with van der Waals surface area (Å²) < 4.78 is 10.5. The van der Waals surface area contributed by atoms with Crippen LogP contribution in [0.2, 0.25) is 0 Å². The SMILES string of the molecule is CCCCOCCOC(=O)c1csc(-c2cccs2)n1. The first-order valence-electron chi connectivity index (χ1n) is 6.55. The molecule has 2 aromatic rings. The van der Waals surface area contributed by atoms with Crippen LogP contribution >= 0.6 is 22.7 Å². The molecule has 2 rings (SSSR count). The van der Waals surface area contributed by atoms with E-state index in [0.717, 1.165) is 22.7 Å². The van der Waals surface area contributed by atoms with Crippen LogP contribution in [0, 0.1) is 0 Å². The predicted molar refractivity (Wildman–Crippen MR) is 81.4 cm³/mol. The Hall–Kier alpha value is -1.24. The van der Waals surface area contributed by atoms with E-state index in [1.54, 1.807) is 16.7 Å². The monoisotopic (exact) mass is 311 g/mol. The minimum Gasteiger partial charge on any atom is -0.458 e. The van der Waals surface area contributed by atoms with Crippen LogP contribution in [-0.2, 0) is 9.47 Å². The molecule has 0 fully saturated rings. The topological polar surface area (TPSA) is 48.4 Å². The number of rotatable bonds is 8. The van der Waals surface area contributed by atoms with E-state index in [1.807, 2.05) is 17.5 Å².